The van der Waals surface area contributed by atoms with Gasteiger partial charge in [-0.25, -0.2) is 0 Å². The maximum Gasteiger partial charge on any atom is 0.243 e. The van der Waals surface area contributed by atoms with Crippen LogP contribution in [0.5, 0.6) is 5.75 Å². The van der Waals surface area contributed by atoms with Crippen LogP contribution in [0.3, 0.4) is 0 Å². The summed E-state index contributed by atoms with van der Waals surface area (Å²) >= 11 is 0. The van der Waals surface area contributed by atoms with Gasteiger partial charge in [0, 0.05) is 12.6 Å². The van der Waals surface area contributed by atoms with Crippen LogP contribution in [0.1, 0.15) is 67.7 Å². The molecule has 178 valence electrons. The predicted octanol–water partition coefficient (Wildman–Crippen LogP) is 5.11. The second-order valence-electron chi connectivity index (χ2n) is 9.25. The largest absolute Gasteiger partial charge is 0.497 e. The normalized spacial score (nSPS) is 15.0. The number of nitrogens with zero attached hydrogens (tertiary/aromatic N) is 1. The molecule has 5 heteroatoms. The Balaban J connectivity index is 1.85. The van der Waals surface area contributed by atoms with E-state index >= 15 is 0 Å². The summed E-state index contributed by atoms with van der Waals surface area (Å²) in [5, 5.41) is 3.24. The van der Waals surface area contributed by atoms with Crippen LogP contribution in [0.2, 0.25) is 0 Å². The van der Waals surface area contributed by atoms with E-state index in [0.717, 1.165) is 53.7 Å². The first kappa shape index (κ1) is 24.8. The summed E-state index contributed by atoms with van der Waals surface area (Å²) in [5.74, 6) is 0.674. The van der Waals surface area contributed by atoms with Crippen LogP contribution in [0.15, 0.2) is 42.5 Å². The maximum atomic E-state index is 13.6. The molecule has 5 nitrogen and oxygen atoms in total. The summed E-state index contributed by atoms with van der Waals surface area (Å²) in [7, 11) is 1.63. The fraction of sp³-hybridized carbons (Fsp3) is 0.500. The Kier molecular flexibility index (Phi) is 8.93. The lowest BCUT2D eigenvalue weighted by Gasteiger charge is -2.33. The number of methoxy groups -OCH3 is 1. The number of carbonyl (C=O) groups is 2. The fourth-order valence-corrected chi connectivity index (χ4v) is 4.69. The molecule has 0 aromatic heterocycles. The third-order valence-electron chi connectivity index (χ3n) is 6.67. The number of hydrogen-bond acceptors (Lipinski definition) is 3. The first-order chi connectivity index (χ1) is 15.9. The van der Waals surface area contributed by atoms with Gasteiger partial charge in [-0.05, 0) is 61.9 Å². The van der Waals surface area contributed by atoms with E-state index in [0.29, 0.717) is 13.0 Å². The van der Waals surface area contributed by atoms with Crippen LogP contribution in [0, 0.1) is 13.8 Å². The van der Waals surface area contributed by atoms with Crippen molar-refractivity contribution in [3.8, 4) is 5.75 Å². The number of aryl methyl sites for hydroxylation is 2. The topological polar surface area (TPSA) is 58.6 Å². The fourth-order valence-electron chi connectivity index (χ4n) is 4.69. The van der Waals surface area contributed by atoms with Crippen molar-refractivity contribution in [1.82, 2.24) is 10.2 Å². The Morgan fingerprint density at radius 1 is 1.09 bits per heavy atom. The average molecular weight is 451 g/mol. The van der Waals surface area contributed by atoms with Gasteiger partial charge in [-0.1, -0.05) is 62.1 Å². The van der Waals surface area contributed by atoms with Crippen LogP contribution in [0.4, 0.5) is 0 Å². The second-order valence-corrected chi connectivity index (χ2v) is 9.25. The zero-order valence-electron chi connectivity index (χ0n) is 20.5. The number of carbonyl (C=O) groups excluding carboxylic acids is 2. The van der Waals surface area contributed by atoms with Crippen molar-refractivity contribution in [2.24, 2.45) is 0 Å². The maximum absolute atomic E-state index is 13.6. The van der Waals surface area contributed by atoms with Gasteiger partial charge in [-0.15, -0.1) is 0 Å². The smallest absolute Gasteiger partial charge is 0.243 e. The Morgan fingerprint density at radius 3 is 2.55 bits per heavy atom. The molecule has 1 aliphatic rings. The van der Waals surface area contributed by atoms with Crippen molar-refractivity contribution < 1.29 is 14.3 Å². The summed E-state index contributed by atoms with van der Waals surface area (Å²) in [6.07, 6.45) is 6.44. The SMILES string of the molecule is CC[C@@H](C(=O)NC1CCCCC1)N(Cc1cccc(OC)c1)C(=O)Cc1cc(C)ccc1C. The van der Waals surface area contributed by atoms with Gasteiger partial charge in [0.05, 0.1) is 13.5 Å². The van der Waals surface area contributed by atoms with Crippen molar-refractivity contribution >= 4 is 11.8 Å². The molecular formula is C28H38N2O3. The van der Waals surface area contributed by atoms with Gasteiger partial charge in [-0.2, -0.15) is 0 Å². The van der Waals surface area contributed by atoms with Crippen LogP contribution < -0.4 is 10.1 Å². The van der Waals surface area contributed by atoms with E-state index in [-0.39, 0.29) is 24.3 Å². The molecule has 0 heterocycles. The molecule has 1 atom stereocenters. The van der Waals surface area contributed by atoms with Crippen molar-refractivity contribution in [3.63, 3.8) is 0 Å². The molecule has 33 heavy (non-hydrogen) atoms. The van der Waals surface area contributed by atoms with E-state index < -0.39 is 6.04 Å². The number of hydrogen-bond donors (Lipinski definition) is 1. The number of ether oxygens (including phenoxy) is 1. The molecule has 0 aliphatic heterocycles. The predicted molar refractivity (Wildman–Crippen MR) is 132 cm³/mol. The third-order valence-corrected chi connectivity index (χ3v) is 6.67. The zero-order valence-corrected chi connectivity index (χ0v) is 20.5. The Bertz CT molecular complexity index is 950. The lowest BCUT2D eigenvalue weighted by Crippen LogP contribution is -2.52. The molecule has 1 saturated carbocycles. The zero-order chi connectivity index (χ0) is 23.8. The van der Waals surface area contributed by atoms with Crippen LogP contribution in [0.25, 0.3) is 0 Å². The number of nitrogens with one attached hydrogen (secondary N) is 1. The molecular weight excluding hydrogens is 412 g/mol. The number of benzene rings is 2. The summed E-state index contributed by atoms with van der Waals surface area (Å²) in [5.41, 5.74) is 4.19. The van der Waals surface area contributed by atoms with Gasteiger partial charge in [0.25, 0.3) is 0 Å². The molecule has 2 aromatic carbocycles. The molecule has 0 bridgehead atoms. The summed E-state index contributed by atoms with van der Waals surface area (Å²) < 4.78 is 5.37. The highest BCUT2D eigenvalue weighted by Gasteiger charge is 2.30. The molecule has 1 fully saturated rings. The van der Waals surface area contributed by atoms with Crippen LogP contribution in [-0.2, 0) is 22.6 Å². The van der Waals surface area contributed by atoms with Crippen molar-refractivity contribution in [3.05, 3.63) is 64.7 Å². The minimum Gasteiger partial charge on any atom is -0.497 e. The molecule has 2 amide bonds. The minimum absolute atomic E-state index is 0.0304. The van der Waals surface area contributed by atoms with Gasteiger partial charge in [0.15, 0.2) is 0 Å². The first-order valence-electron chi connectivity index (χ1n) is 12.2. The first-order valence-corrected chi connectivity index (χ1v) is 12.2. The van der Waals surface area contributed by atoms with Crippen molar-refractivity contribution in [2.45, 2.75) is 84.3 Å². The molecule has 1 aliphatic carbocycles. The average Bonchev–Trinajstić information content (AvgIpc) is 2.82. The van der Waals surface area contributed by atoms with E-state index in [1.165, 1.54) is 6.42 Å². The third kappa shape index (κ3) is 6.83. The highest BCUT2D eigenvalue weighted by Crippen LogP contribution is 2.21. The van der Waals surface area contributed by atoms with Gasteiger partial charge in [0.2, 0.25) is 11.8 Å². The Labute approximate surface area is 198 Å². The Hall–Kier alpha value is -2.82. The molecule has 0 radical (unpaired) electrons. The van der Waals surface area contributed by atoms with Crippen molar-refractivity contribution in [2.75, 3.05) is 7.11 Å². The lowest BCUT2D eigenvalue weighted by molar-refractivity contribution is -0.141. The summed E-state index contributed by atoms with van der Waals surface area (Å²) in [6, 6.07) is 13.6. The standard InChI is InChI=1S/C28H38N2O3/c1-5-26(28(32)29-24-11-7-6-8-12-24)30(19-22-10-9-13-25(17-22)33-4)27(31)18-23-16-20(2)14-15-21(23)3/h9-10,13-17,24,26H,5-8,11-12,18-19H2,1-4H3,(H,29,32)/t26-/m0/s1. The van der Waals surface area contributed by atoms with Crippen LogP contribution in [-0.4, -0.2) is 35.9 Å². The molecule has 2 aromatic rings. The van der Waals surface area contributed by atoms with E-state index in [1.54, 1.807) is 12.0 Å². The van der Waals surface area contributed by atoms with Gasteiger partial charge >= 0.3 is 0 Å². The quantitative estimate of drug-likeness (QED) is 0.577. The van der Waals surface area contributed by atoms with E-state index in [1.807, 2.05) is 45.0 Å². The molecule has 1 N–H and O–H groups in total. The van der Waals surface area contributed by atoms with Gasteiger partial charge in [0.1, 0.15) is 11.8 Å². The Morgan fingerprint density at radius 2 is 1.85 bits per heavy atom. The highest BCUT2D eigenvalue weighted by atomic mass is 16.5. The monoisotopic (exact) mass is 450 g/mol. The minimum atomic E-state index is -0.504. The van der Waals surface area contributed by atoms with E-state index in [9.17, 15) is 9.59 Å². The highest BCUT2D eigenvalue weighted by molar-refractivity contribution is 5.88. The van der Waals surface area contributed by atoms with Gasteiger partial charge in [-0.3, -0.25) is 9.59 Å². The molecule has 0 spiro atoms. The molecule has 0 unspecified atom stereocenters. The van der Waals surface area contributed by atoms with Crippen LogP contribution >= 0.6 is 0 Å². The summed E-state index contributed by atoms with van der Waals surface area (Å²) in [6.45, 7) is 6.42. The molecule has 3 rings (SSSR count). The summed E-state index contributed by atoms with van der Waals surface area (Å²) in [4.78, 5) is 28.8. The van der Waals surface area contributed by atoms with Crippen molar-refractivity contribution in [1.29, 1.82) is 0 Å². The van der Waals surface area contributed by atoms with Gasteiger partial charge < -0.3 is 15.0 Å². The molecule has 0 saturated heterocycles. The lowest BCUT2D eigenvalue weighted by atomic mass is 9.95. The van der Waals surface area contributed by atoms with E-state index in [4.69, 9.17) is 4.74 Å². The van der Waals surface area contributed by atoms with E-state index in [2.05, 4.69) is 23.5 Å². The number of amides is 2. The second kappa shape index (κ2) is 11.9. The number of rotatable bonds is 9.